The molecule has 0 bridgehead atoms. The molecule has 1 fully saturated rings. The minimum Gasteiger partial charge on any atom is -0.437 e. The summed E-state index contributed by atoms with van der Waals surface area (Å²) in [6, 6.07) is 0. The van der Waals surface area contributed by atoms with Crippen molar-refractivity contribution in [2.24, 2.45) is 0 Å². The first kappa shape index (κ1) is 19.5. The Morgan fingerprint density at radius 2 is 1.78 bits per heavy atom. The Morgan fingerprint density at radius 3 is 2.33 bits per heavy atom. The number of hydrogen-bond acceptors (Lipinski definition) is 5. The third-order valence-corrected chi connectivity index (χ3v) is 4.57. The van der Waals surface area contributed by atoms with Gasteiger partial charge >= 0.3 is 18.3 Å². The highest BCUT2D eigenvalue weighted by molar-refractivity contribution is 5.95. The summed E-state index contributed by atoms with van der Waals surface area (Å²) in [4.78, 5) is 23.0. The molecule has 0 saturated carbocycles. The van der Waals surface area contributed by atoms with E-state index in [4.69, 9.17) is 0 Å². The molecule has 0 spiro atoms. The summed E-state index contributed by atoms with van der Waals surface area (Å²) in [6.07, 6.45) is -11.9. The molecule has 3 heterocycles. The number of piperidine rings is 1. The topological polar surface area (TPSA) is 96.1 Å². The molecule has 1 amide bonds. The largest absolute Gasteiger partial charge is 0.490 e. The molecule has 1 saturated heterocycles. The Hall–Kier alpha value is -2.31. The molecule has 0 aromatic carbocycles. The van der Waals surface area contributed by atoms with Crippen molar-refractivity contribution in [3.8, 4) is 0 Å². The molecule has 0 radical (unpaired) electrons. The van der Waals surface area contributed by atoms with Gasteiger partial charge in [-0.05, 0) is 25.9 Å². The van der Waals surface area contributed by atoms with E-state index in [1.807, 2.05) is 0 Å². The highest BCUT2D eigenvalue weighted by Crippen LogP contribution is 2.52. The van der Waals surface area contributed by atoms with Crippen LogP contribution >= 0.6 is 0 Å². The SMILES string of the molecule is O=C1CC(OC(=O)C(F)(F)F)(C(F)(F)F)c2c(n[nH]c2C2CCNCC2)N1. The number of alkyl halides is 6. The molecule has 3 N–H and O–H groups in total. The Kier molecular flexibility index (Phi) is 4.60. The van der Waals surface area contributed by atoms with Crippen molar-refractivity contribution in [1.82, 2.24) is 15.5 Å². The predicted octanol–water partition coefficient (Wildman–Crippen LogP) is 2.08. The maximum atomic E-state index is 13.9. The van der Waals surface area contributed by atoms with E-state index in [9.17, 15) is 35.9 Å². The first-order chi connectivity index (χ1) is 12.5. The van der Waals surface area contributed by atoms with Crippen LogP contribution in [-0.2, 0) is 19.9 Å². The van der Waals surface area contributed by atoms with E-state index in [1.54, 1.807) is 0 Å². The molecular formula is C14H14F6N4O3. The van der Waals surface area contributed by atoms with Crippen molar-refractivity contribution < 1.29 is 40.7 Å². The van der Waals surface area contributed by atoms with Crippen molar-refractivity contribution in [2.75, 3.05) is 18.4 Å². The summed E-state index contributed by atoms with van der Waals surface area (Å²) in [7, 11) is 0. The summed E-state index contributed by atoms with van der Waals surface area (Å²) in [6.45, 7) is 0.957. The number of fused-ring (bicyclic) bond motifs is 1. The zero-order chi connectivity index (χ0) is 20.0. The fourth-order valence-corrected chi connectivity index (χ4v) is 3.35. The van der Waals surface area contributed by atoms with E-state index in [0.717, 1.165) is 0 Å². The molecule has 7 nitrogen and oxygen atoms in total. The minimum atomic E-state index is -5.66. The van der Waals surface area contributed by atoms with Crippen molar-refractivity contribution in [3.05, 3.63) is 11.3 Å². The van der Waals surface area contributed by atoms with E-state index >= 15 is 0 Å². The highest BCUT2D eigenvalue weighted by Gasteiger charge is 2.66. The summed E-state index contributed by atoms with van der Waals surface area (Å²) < 4.78 is 83.7. The molecule has 2 aliphatic heterocycles. The molecule has 1 unspecified atom stereocenters. The first-order valence-corrected chi connectivity index (χ1v) is 7.92. The van der Waals surface area contributed by atoms with Gasteiger partial charge in [0.2, 0.25) is 11.5 Å². The summed E-state index contributed by atoms with van der Waals surface area (Å²) in [5.74, 6) is -5.37. The summed E-state index contributed by atoms with van der Waals surface area (Å²) in [5.41, 5.74) is -4.65. The second-order valence-corrected chi connectivity index (χ2v) is 6.32. The number of aromatic amines is 1. The number of hydrogen-bond donors (Lipinski definition) is 3. The van der Waals surface area contributed by atoms with E-state index in [-0.39, 0.29) is 5.69 Å². The third kappa shape index (κ3) is 3.35. The second-order valence-electron chi connectivity index (χ2n) is 6.32. The van der Waals surface area contributed by atoms with Gasteiger partial charge in [0.25, 0.3) is 0 Å². The zero-order valence-electron chi connectivity index (χ0n) is 13.6. The molecule has 2 aliphatic rings. The van der Waals surface area contributed by atoms with E-state index in [1.165, 1.54) is 0 Å². The van der Waals surface area contributed by atoms with Gasteiger partial charge in [0.15, 0.2) is 5.82 Å². The lowest BCUT2D eigenvalue weighted by molar-refractivity contribution is -0.291. The van der Waals surface area contributed by atoms with Crippen LogP contribution in [0.15, 0.2) is 0 Å². The lowest BCUT2D eigenvalue weighted by Gasteiger charge is -2.38. The number of halogens is 6. The highest BCUT2D eigenvalue weighted by atomic mass is 19.4. The molecule has 1 aromatic rings. The van der Waals surface area contributed by atoms with Crippen LogP contribution in [0.2, 0.25) is 0 Å². The molecular weight excluding hydrogens is 386 g/mol. The molecule has 1 aromatic heterocycles. The van der Waals surface area contributed by atoms with Crippen LogP contribution in [0.4, 0.5) is 32.2 Å². The first-order valence-electron chi connectivity index (χ1n) is 7.92. The number of aromatic nitrogens is 2. The van der Waals surface area contributed by atoms with Gasteiger partial charge in [-0.1, -0.05) is 0 Å². The number of ether oxygens (including phenoxy) is 1. The van der Waals surface area contributed by atoms with E-state index in [2.05, 4.69) is 25.6 Å². The lowest BCUT2D eigenvalue weighted by atomic mass is 9.81. The number of rotatable bonds is 2. The van der Waals surface area contributed by atoms with Crippen molar-refractivity contribution in [2.45, 2.75) is 43.1 Å². The molecule has 3 rings (SSSR count). The smallest absolute Gasteiger partial charge is 0.437 e. The van der Waals surface area contributed by atoms with Gasteiger partial charge in [-0.15, -0.1) is 0 Å². The summed E-state index contributed by atoms with van der Waals surface area (Å²) >= 11 is 0. The van der Waals surface area contributed by atoms with Crippen LogP contribution < -0.4 is 10.6 Å². The molecule has 27 heavy (non-hydrogen) atoms. The Bertz CT molecular complexity index is 753. The van der Waals surface area contributed by atoms with Gasteiger partial charge in [0, 0.05) is 11.6 Å². The van der Waals surface area contributed by atoms with Crippen LogP contribution in [0.3, 0.4) is 0 Å². The lowest BCUT2D eigenvalue weighted by Crippen LogP contribution is -2.53. The zero-order valence-corrected chi connectivity index (χ0v) is 13.6. The van der Waals surface area contributed by atoms with Gasteiger partial charge in [-0.2, -0.15) is 31.4 Å². The van der Waals surface area contributed by atoms with Gasteiger partial charge in [0.05, 0.1) is 12.0 Å². The number of nitrogens with one attached hydrogen (secondary N) is 3. The monoisotopic (exact) mass is 400 g/mol. The second kappa shape index (κ2) is 6.39. The predicted molar refractivity (Wildman–Crippen MR) is 76.6 cm³/mol. The number of carbonyl (C=O) groups excluding carboxylic acids is 2. The Morgan fingerprint density at radius 1 is 1.15 bits per heavy atom. The normalized spacial score (nSPS) is 24.3. The van der Waals surface area contributed by atoms with Gasteiger partial charge in [-0.25, -0.2) is 4.79 Å². The van der Waals surface area contributed by atoms with E-state index < -0.39 is 53.6 Å². The van der Waals surface area contributed by atoms with E-state index in [0.29, 0.717) is 25.9 Å². The fraction of sp³-hybridized carbons (Fsp3) is 0.643. The quantitative estimate of drug-likeness (QED) is 0.522. The number of carbonyl (C=O) groups is 2. The standard InChI is InChI=1S/C14H14F6N4O3/c15-13(16,17)11(26)27-12(14(18,19)20)5-7(25)22-10-8(12)9(23-24-10)6-1-3-21-4-2-6/h6,21H,1-5H2,(H2,22,23,24,25). The average Bonchev–Trinajstić information content (AvgIpc) is 2.97. The maximum absolute atomic E-state index is 13.9. The van der Waals surface area contributed by atoms with Crippen molar-refractivity contribution in [1.29, 1.82) is 0 Å². The fourth-order valence-electron chi connectivity index (χ4n) is 3.35. The number of amides is 1. The molecule has 150 valence electrons. The Balaban J connectivity index is 2.16. The summed E-state index contributed by atoms with van der Waals surface area (Å²) in [5, 5.41) is 11.1. The van der Waals surface area contributed by atoms with Crippen LogP contribution in [-0.4, -0.2) is 47.5 Å². The molecule has 13 heteroatoms. The Labute approximate surface area is 147 Å². The maximum Gasteiger partial charge on any atom is 0.490 e. The van der Waals surface area contributed by atoms with Gasteiger partial charge in [-0.3, -0.25) is 9.89 Å². The number of anilines is 1. The average molecular weight is 400 g/mol. The minimum absolute atomic E-state index is 0.0983. The van der Waals surface area contributed by atoms with Crippen LogP contribution in [0, 0.1) is 0 Å². The van der Waals surface area contributed by atoms with Crippen LogP contribution in [0.25, 0.3) is 0 Å². The van der Waals surface area contributed by atoms with Crippen LogP contribution in [0.5, 0.6) is 0 Å². The van der Waals surface area contributed by atoms with Gasteiger partial charge in [0.1, 0.15) is 0 Å². The number of esters is 1. The van der Waals surface area contributed by atoms with Crippen molar-refractivity contribution in [3.63, 3.8) is 0 Å². The molecule has 1 atom stereocenters. The number of nitrogens with zero attached hydrogens (tertiary/aromatic N) is 1. The number of H-pyrrole nitrogens is 1. The van der Waals surface area contributed by atoms with Gasteiger partial charge < -0.3 is 15.4 Å². The van der Waals surface area contributed by atoms with Crippen LogP contribution in [0.1, 0.15) is 36.4 Å². The third-order valence-electron chi connectivity index (χ3n) is 4.57. The van der Waals surface area contributed by atoms with Crippen molar-refractivity contribution >= 4 is 17.7 Å². The molecule has 0 aliphatic carbocycles.